The van der Waals surface area contributed by atoms with Crippen LogP contribution in [0, 0.1) is 0 Å². The number of aromatic nitrogens is 4. The minimum atomic E-state index is -0.146. The Hall–Kier alpha value is -2.45. The SMILES string of the molecule is CCn1c(SCc2nc3ccccc3c(=O)[nH]2)nc2sc3c(c2c1=O)CCC3. The predicted octanol–water partition coefficient (Wildman–Crippen LogP) is 3.50. The van der Waals surface area contributed by atoms with Crippen LogP contribution >= 0.6 is 23.1 Å². The van der Waals surface area contributed by atoms with Crippen LogP contribution in [0.4, 0.5) is 0 Å². The van der Waals surface area contributed by atoms with E-state index in [0.717, 1.165) is 29.5 Å². The van der Waals surface area contributed by atoms with Crippen LogP contribution in [-0.2, 0) is 25.1 Å². The molecular weight excluding hydrogens is 392 g/mol. The first kappa shape index (κ1) is 17.6. The Labute approximate surface area is 168 Å². The normalized spacial score (nSPS) is 13.5. The van der Waals surface area contributed by atoms with Crippen molar-refractivity contribution >= 4 is 44.2 Å². The molecule has 0 spiro atoms. The maximum Gasteiger partial charge on any atom is 0.263 e. The maximum atomic E-state index is 13.1. The Morgan fingerprint density at radius 2 is 2.07 bits per heavy atom. The van der Waals surface area contributed by atoms with E-state index in [1.807, 2.05) is 25.1 Å². The summed E-state index contributed by atoms with van der Waals surface area (Å²) in [5.41, 5.74) is 1.78. The number of nitrogens with one attached hydrogen (secondary N) is 1. The molecule has 0 fully saturated rings. The lowest BCUT2D eigenvalue weighted by Crippen LogP contribution is -2.22. The molecule has 3 aromatic heterocycles. The highest BCUT2D eigenvalue weighted by Crippen LogP contribution is 2.35. The van der Waals surface area contributed by atoms with Gasteiger partial charge >= 0.3 is 0 Å². The van der Waals surface area contributed by atoms with Crippen molar-refractivity contribution in [2.75, 3.05) is 0 Å². The second-order valence-corrected chi connectivity index (χ2v) is 8.83. The van der Waals surface area contributed by atoms with Crippen LogP contribution in [0.1, 0.15) is 29.6 Å². The van der Waals surface area contributed by atoms with Gasteiger partial charge in [0.25, 0.3) is 11.1 Å². The van der Waals surface area contributed by atoms with E-state index in [0.29, 0.717) is 34.2 Å². The third kappa shape index (κ3) is 2.79. The minimum absolute atomic E-state index is 0.0503. The molecule has 1 N–H and O–H groups in total. The number of thiophene rings is 1. The first-order valence-corrected chi connectivity index (χ1v) is 11.1. The van der Waals surface area contributed by atoms with Gasteiger partial charge in [0.15, 0.2) is 5.16 Å². The van der Waals surface area contributed by atoms with Crippen molar-refractivity contribution in [3.05, 3.63) is 61.2 Å². The van der Waals surface area contributed by atoms with Crippen LogP contribution in [0.3, 0.4) is 0 Å². The summed E-state index contributed by atoms with van der Waals surface area (Å²) >= 11 is 3.09. The van der Waals surface area contributed by atoms with E-state index in [1.165, 1.54) is 22.2 Å². The minimum Gasteiger partial charge on any atom is -0.309 e. The summed E-state index contributed by atoms with van der Waals surface area (Å²) in [7, 11) is 0. The second-order valence-electron chi connectivity index (χ2n) is 6.80. The largest absolute Gasteiger partial charge is 0.309 e. The van der Waals surface area contributed by atoms with Gasteiger partial charge < -0.3 is 4.98 Å². The zero-order chi connectivity index (χ0) is 19.3. The molecule has 142 valence electrons. The number of para-hydroxylation sites is 1. The summed E-state index contributed by atoms with van der Waals surface area (Å²) < 4.78 is 1.73. The van der Waals surface area contributed by atoms with Crippen LogP contribution in [0.25, 0.3) is 21.1 Å². The highest BCUT2D eigenvalue weighted by molar-refractivity contribution is 7.98. The average Bonchev–Trinajstić information content (AvgIpc) is 3.27. The Balaban J connectivity index is 1.53. The Kier molecular flexibility index (Phi) is 4.32. The number of fused-ring (bicyclic) bond motifs is 4. The molecule has 5 rings (SSSR count). The van der Waals surface area contributed by atoms with E-state index in [1.54, 1.807) is 22.0 Å². The lowest BCUT2D eigenvalue weighted by atomic mass is 10.2. The fourth-order valence-electron chi connectivity index (χ4n) is 3.78. The molecule has 0 atom stereocenters. The third-order valence-electron chi connectivity index (χ3n) is 5.11. The summed E-state index contributed by atoms with van der Waals surface area (Å²) in [6.45, 7) is 2.53. The number of H-pyrrole nitrogens is 1. The molecule has 1 aromatic carbocycles. The van der Waals surface area contributed by atoms with Crippen LogP contribution < -0.4 is 11.1 Å². The fourth-order valence-corrected chi connectivity index (χ4v) is 6.02. The molecular formula is C20H18N4O2S2. The van der Waals surface area contributed by atoms with Gasteiger partial charge in [-0.15, -0.1) is 11.3 Å². The average molecular weight is 411 g/mol. The zero-order valence-corrected chi connectivity index (χ0v) is 17.0. The summed E-state index contributed by atoms with van der Waals surface area (Å²) in [6, 6.07) is 7.29. The number of hydrogen-bond donors (Lipinski definition) is 1. The Morgan fingerprint density at radius 3 is 2.93 bits per heavy atom. The molecule has 0 aliphatic heterocycles. The van der Waals surface area contributed by atoms with Crippen molar-refractivity contribution in [1.29, 1.82) is 0 Å². The van der Waals surface area contributed by atoms with E-state index < -0.39 is 0 Å². The summed E-state index contributed by atoms with van der Waals surface area (Å²) in [6.07, 6.45) is 3.15. The van der Waals surface area contributed by atoms with Crippen molar-refractivity contribution in [3.8, 4) is 0 Å². The molecule has 0 amide bonds. The van der Waals surface area contributed by atoms with Crippen LogP contribution in [0.5, 0.6) is 0 Å². The summed E-state index contributed by atoms with van der Waals surface area (Å²) in [5, 5.41) is 2.06. The monoisotopic (exact) mass is 410 g/mol. The van der Waals surface area contributed by atoms with Gasteiger partial charge in [0.05, 0.1) is 22.0 Å². The van der Waals surface area contributed by atoms with E-state index >= 15 is 0 Å². The van der Waals surface area contributed by atoms with E-state index in [4.69, 9.17) is 4.98 Å². The van der Waals surface area contributed by atoms with Gasteiger partial charge in [-0.2, -0.15) is 0 Å². The van der Waals surface area contributed by atoms with Gasteiger partial charge in [-0.25, -0.2) is 9.97 Å². The molecule has 8 heteroatoms. The van der Waals surface area contributed by atoms with Crippen LogP contribution in [0.2, 0.25) is 0 Å². The molecule has 1 aliphatic carbocycles. The van der Waals surface area contributed by atoms with Crippen molar-refractivity contribution in [1.82, 2.24) is 19.5 Å². The lowest BCUT2D eigenvalue weighted by Gasteiger charge is -2.10. The number of aromatic amines is 1. The van der Waals surface area contributed by atoms with Crippen molar-refractivity contribution in [2.45, 2.75) is 43.6 Å². The molecule has 0 bridgehead atoms. The Morgan fingerprint density at radius 1 is 1.21 bits per heavy atom. The quantitative estimate of drug-likeness (QED) is 0.411. The van der Waals surface area contributed by atoms with Crippen molar-refractivity contribution in [3.63, 3.8) is 0 Å². The van der Waals surface area contributed by atoms with Crippen LogP contribution in [0.15, 0.2) is 39.0 Å². The summed E-state index contributed by atoms with van der Waals surface area (Å²) in [4.78, 5) is 39.7. The highest BCUT2D eigenvalue weighted by Gasteiger charge is 2.23. The van der Waals surface area contributed by atoms with Gasteiger partial charge in [-0.05, 0) is 43.9 Å². The number of thioether (sulfide) groups is 1. The molecule has 0 saturated carbocycles. The molecule has 0 unspecified atom stereocenters. The van der Waals surface area contributed by atoms with Crippen molar-refractivity contribution in [2.24, 2.45) is 0 Å². The number of nitrogens with zero attached hydrogens (tertiary/aromatic N) is 3. The van der Waals surface area contributed by atoms with Crippen LogP contribution in [-0.4, -0.2) is 19.5 Å². The highest BCUT2D eigenvalue weighted by atomic mass is 32.2. The third-order valence-corrected chi connectivity index (χ3v) is 7.28. The topological polar surface area (TPSA) is 80.6 Å². The van der Waals surface area contributed by atoms with Gasteiger partial charge in [0.2, 0.25) is 0 Å². The molecule has 0 saturated heterocycles. The number of aryl methyl sites for hydroxylation is 2. The smallest absolute Gasteiger partial charge is 0.263 e. The molecule has 1 aliphatic rings. The van der Waals surface area contributed by atoms with E-state index in [2.05, 4.69) is 9.97 Å². The fraction of sp³-hybridized carbons (Fsp3) is 0.300. The first-order valence-electron chi connectivity index (χ1n) is 9.31. The van der Waals surface area contributed by atoms with E-state index in [-0.39, 0.29) is 11.1 Å². The number of rotatable bonds is 4. The van der Waals surface area contributed by atoms with Gasteiger partial charge in [0.1, 0.15) is 10.7 Å². The van der Waals surface area contributed by atoms with Gasteiger partial charge in [-0.1, -0.05) is 23.9 Å². The van der Waals surface area contributed by atoms with E-state index in [9.17, 15) is 9.59 Å². The van der Waals surface area contributed by atoms with Crippen molar-refractivity contribution < 1.29 is 0 Å². The summed E-state index contributed by atoms with van der Waals surface area (Å²) in [5.74, 6) is 1.03. The number of hydrogen-bond acceptors (Lipinski definition) is 6. The first-order chi connectivity index (χ1) is 13.7. The molecule has 6 nitrogen and oxygen atoms in total. The number of benzene rings is 1. The molecule has 4 aromatic rings. The standard InChI is InChI=1S/C20H18N4O2S2/c1-2-24-19(26)16-12-7-5-9-14(12)28-18(16)23-20(24)27-10-15-21-13-8-4-3-6-11(13)17(25)22-15/h3-4,6,8H,2,5,7,9-10H2,1H3,(H,21,22,25). The Bertz CT molecular complexity index is 1340. The van der Waals surface area contributed by atoms with Gasteiger partial charge in [-0.3, -0.25) is 14.2 Å². The zero-order valence-electron chi connectivity index (χ0n) is 15.3. The molecule has 28 heavy (non-hydrogen) atoms. The maximum absolute atomic E-state index is 13.1. The van der Waals surface area contributed by atoms with Gasteiger partial charge in [0, 0.05) is 11.4 Å². The molecule has 0 radical (unpaired) electrons. The molecule has 3 heterocycles. The second kappa shape index (κ2) is 6.86. The lowest BCUT2D eigenvalue weighted by molar-refractivity contribution is 0.635. The predicted molar refractivity (Wildman–Crippen MR) is 114 cm³/mol.